The third kappa shape index (κ3) is 2.95. The second-order valence-electron chi connectivity index (χ2n) is 4.97. The number of sulfonamides is 1. The molecule has 22 heavy (non-hydrogen) atoms. The van der Waals surface area contributed by atoms with Crippen LogP contribution >= 0.6 is 11.6 Å². The Balaban J connectivity index is 1.75. The Labute approximate surface area is 132 Å². The minimum atomic E-state index is -3.75. The first-order valence-corrected chi connectivity index (χ1v) is 8.50. The van der Waals surface area contributed by atoms with Gasteiger partial charge in [-0.3, -0.25) is 0 Å². The smallest absolute Gasteiger partial charge is 0.240 e. The summed E-state index contributed by atoms with van der Waals surface area (Å²) in [6, 6.07) is 10.8. The van der Waals surface area contributed by atoms with E-state index in [0.29, 0.717) is 6.61 Å². The van der Waals surface area contributed by atoms with Crippen LogP contribution in [0.1, 0.15) is 11.5 Å². The van der Waals surface area contributed by atoms with Crippen LogP contribution in [0.5, 0.6) is 5.75 Å². The molecule has 1 N–H and O–H groups in total. The molecule has 2 aromatic carbocycles. The van der Waals surface area contributed by atoms with E-state index in [9.17, 15) is 12.8 Å². The number of rotatable bonds is 4. The monoisotopic (exact) mass is 341 g/mol. The molecule has 3 rings (SSSR count). The zero-order valence-corrected chi connectivity index (χ0v) is 13.0. The van der Waals surface area contributed by atoms with E-state index in [1.54, 1.807) is 0 Å². The molecule has 116 valence electrons. The van der Waals surface area contributed by atoms with Crippen molar-refractivity contribution in [2.75, 3.05) is 13.2 Å². The Hall–Kier alpha value is -1.63. The lowest BCUT2D eigenvalue weighted by molar-refractivity contribution is 0.330. The highest BCUT2D eigenvalue weighted by Gasteiger charge is 2.25. The van der Waals surface area contributed by atoms with Crippen molar-refractivity contribution in [2.24, 2.45) is 0 Å². The second kappa shape index (κ2) is 5.87. The molecule has 1 heterocycles. The van der Waals surface area contributed by atoms with Gasteiger partial charge in [0.25, 0.3) is 0 Å². The fourth-order valence-electron chi connectivity index (χ4n) is 2.34. The minimum absolute atomic E-state index is 0.0538. The summed E-state index contributed by atoms with van der Waals surface area (Å²) in [5, 5.41) is -0.225. The third-order valence-electron chi connectivity index (χ3n) is 3.52. The predicted molar refractivity (Wildman–Crippen MR) is 81.3 cm³/mol. The highest BCUT2D eigenvalue weighted by Crippen LogP contribution is 2.33. The van der Waals surface area contributed by atoms with Crippen molar-refractivity contribution in [3.8, 4) is 5.75 Å². The molecule has 0 fully saturated rings. The average Bonchev–Trinajstić information content (AvgIpc) is 2.91. The maximum Gasteiger partial charge on any atom is 0.240 e. The Morgan fingerprint density at radius 1 is 1.27 bits per heavy atom. The number of halogens is 2. The number of nitrogens with one attached hydrogen (secondary N) is 1. The molecule has 4 nitrogen and oxygen atoms in total. The first-order valence-electron chi connectivity index (χ1n) is 6.64. The lowest BCUT2D eigenvalue weighted by Gasteiger charge is -2.11. The molecule has 1 atom stereocenters. The van der Waals surface area contributed by atoms with E-state index in [-0.39, 0.29) is 22.4 Å². The van der Waals surface area contributed by atoms with E-state index in [1.165, 1.54) is 6.07 Å². The van der Waals surface area contributed by atoms with Gasteiger partial charge in [-0.2, -0.15) is 0 Å². The van der Waals surface area contributed by atoms with E-state index >= 15 is 0 Å². The summed E-state index contributed by atoms with van der Waals surface area (Å²) in [7, 11) is -3.75. The SMILES string of the molecule is O=S(=O)(NCC1COc2ccccc21)c1ccc(F)c(Cl)c1. The summed E-state index contributed by atoms with van der Waals surface area (Å²) in [6.07, 6.45) is 0. The summed E-state index contributed by atoms with van der Waals surface area (Å²) in [5.74, 6) is 0.0668. The van der Waals surface area contributed by atoms with Crippen molar-refractivity contribution in [1.82, 2.24) is 4.72 Å². The first-order chi connectivity index (χ1) is 10.5. The summed E-state index contributed by atoms with van der Waals surface area (Å²) in [5.41, 5.74) is 0.974. The summed E-state index contributed by atoms with van der Waals surface area (Å²) in [4.78, 5) is -0.0638. The molecular weight excluding hydrogens is 329 g/mol. The molecule has 0 spiro atoms. The van der Waals surface area contributed by atoms with E-state index < -0.39 is 15.8 Å². The molecule has 2 aromatic rings. The molecule has 1 aliphatic heterocycles. The molecule has 0 bridgehead atoms. The van der Waals surface area contributed by atoms with Crippen molar-refractivity contribution in [3.63, 3.8) is 0 Å². The van der Waals surface area contributed by atoms with Gasteiger partial charge < -0.3 is 4.74 Å². The van der Waals surface area contributed by atoms with Crippen molar-refractivity contribution in [1.29, 1.82) is 0 Å². The van der Waals surface area contributed by atoms with Gasteiger partial charge in [-0.25, -0.2) is 17.5 Å². The maximum atomic E-state index is 13.1. The Morgan fingerprint density at radius 2 is 2.05 bits per heavy atom. The summed E-state index contributed by atoms with van der Waals surface area (Å²) < 4.78 is 45.6. The number of hydrogen-bond donors (Lipinski definition) is 1. The van der Waals surface area contributed by atoms with Gasteiger partial charge in [0.05, 0.1) is 16.5 Å². The van der Waals surface area contributed by atoms with Crippen molar-refractivity contribution >= 4 is 21.6 Å². The van der Waals surface area contributed by atoms with E-state index in [4.69, 9.17) is 16.3 Å². The van der Waals surface area contributed by atoms with Gasteiger partial charge in [0.2, 0.25) is 10.0 Å². The number of ether oxygens (including phenoxy) is 1. The van der Waals surface area contributed by atoms with Gasteiger partial charge >= 0.3 is 0 Å². The van der Waals surface area contributed by atoms with Crippen LogP contribution in [0, 0.1) is 5.82 Å². The highest BCUT2D eigenvalue weighted by atomic mass is 35.5. The number of fused-ring (bicyclic) bond motifs is 1. The Kier molecular flexibility index (Phi) is 4.08. The zero-order chi connectivity index (χ0) is 15.7. The molecule has 0 aromatic heterocycles. The molecule has 0 radical (unpaired) electrons. The lowest BCUT2D eigenvalue weighted by atomic mass is 10.0. The van der Waals surface area contributed by atoms with Crippen LogP contribution < -0.4 is 9.46 Å². The van der Waals surface area contributed by atoms with Gasteiger partial charge in [0, 0.05) is 18.0 Å². The van der Waals surface area contributed by atoms with Crippen LogP contribution in [0.25, 0.3) is 0 Å². The van der Waals surface area contributed by atoms with Crippen LogP contribution in [0.4, 0.5) is 4.39 Å². The Morgan fingerprint density at radius 3 is 2.82 bits per heavy atom. The highest BCUT2D eigenvalue weighted by molar-refractivity contribution is 7.89. The fourth-order valence-corrected chi connectivity index (χ4v) is 3.69. The standard InChI is InChI=1S/C15H13ClFNO3S/c16-13-7-11(5-6-14(13)17)22(19,20)18-8-10-9-21-15-4-2-1-3-12(10)15/h1-7,10,18H,8-9H2. The van der Waals surface area contributed by atoms with Gasteiger partial charge in [0.1, 0.15) is 11.6 Å². The first kappa shape index (κ1) is 15.3. The molecule has 0 aliphatic carbocycles. The molecule has 0 saturated heterocycles. The summed E-state index contributed by atoms with van der Waals surface area (Å²) in [6.45, 7) is 0.625. The van der Waals surface area contributed by atoms with Crippen LogP contribution in [0.3, 0.4) is 0 Å². The number of benzene rings is 2. The van der Waals surface area contributed by atoms with Gasteiger partial charge in [0.15, 0.2) is 0 Å². The van der Waals surface area contributed by atoms with Crippen LogP contribution in [-0.4, -0.2) is 21.6 Å². The predicted octanol–water partition coefficient (Wildman–Crippen LogP) is 2.93. The largest absolute Gasteiger partial charge is 0.493 e. The van der Waals surface area contributed by atoms with E-state index in [2.05, 4.69) is 4.72 Å². The van der Waals surface area contributed by atoms with Crippen LogP contribution in [0.2, 0.25) is 5.02 Å². The zero-order valence-electron chi connectivity index (χ0n) is 11.4. The molecule has 0 amide bonds. The topological polar surface area (TPSA) is 55.4 Å². The Bertz CT molecular complexity index is 810. The molecule has 0 saturated carbocycles. The average molecular weight is 342 g/mol. The normalized spacial score (nSPS) is 17.1. The van der Waals surface area contributed by atoms with Crippen LogP contribution in [0.15, 0.2) is 47.4 Å². The van der Waals surface area contributed by atoms with Gasteiger partial charge in [-0.1, -0.05) is 29.8 Å². The van der Waals surface area contributed by atoms with Crippen LogP contribution in [-0.2, 0) is 10.0 Å². The maximum absolute atomic E-state index is 13.1. The van der Waals surface area contributed by atoms with Crippen molar-refractivity contribution in [2.45, 2.75) is 10.8 Å². The minimum Gasteiger partial charge on any atom is -0.493 e. The molecule has 7 heteroatoms. The quantitative estimate of drug-likeness (QED) is 0.930. The third-order valence-corrected chi connectivity index (χ3v) is 5.23. The molecular formula is C15H13ClFNO3S. The van der Waals surface area contributed by atoms with Crippen molar-refractivity contribution < 1.29 is 17.5 Å². The lowest BCUT2D eigenvalue weighted by Crippen LogP contribution is -2.29. The second-order valence-corrected chi connectivity index (χ2v) is 7.15. The van der Waals surface area contributed by atoms with E-state index in [1.807, 2.05) is 24.3 Å². The fraction of sp³-hybridized carbons (Fsp3) is 0.200. The molecule has 1 aliphatic rings. The number of para-hydroxylation sites is 1. The van der Waals surface area contributed by atoms with E-state index in [0.717, 1.165) is 23.4 Å². The number of hydrogen-bond acceptors (Lipinski definition) is 3. The van der Waals surface area contributed by atoms with Crippen molar-refractivity contribution in [3.05, 3.63) is 58.9 Å². The van der Waals surface area contributed by atoms with Gasteiger partial charge in [-0.05, 0) is 24.3 Å². The molecule has 1 unspecified atom stereocenters. The summed E-state index contributed by atoms with van der Waals surface area (Å²) >= 11 is 5.63. The van der Waals surface area contributed by atoms with Gasteiger partial charge in [-0.15, -0.1) is 0 Å².